The first-order valence-electron chi connectivity index (χ1n) is 5.81. The Morgan fingerprint density at radius 3 is 2.47 bits per heavy atom. The molecule has 0 fully saturated rings. The molecule has 0 aliphatic carbocycles. The molecule has 1 aromatic rings. The first-order chi connectivity index (χ1) is 7.71. The number of rotatable bonds is 3. The van der Waals surface area contributed by atoms with E-state index in [1.54, 1.807) is 11.3 Å². The van der Waals surface area contributed by atoms with Crippen LogP contribution in [0.3, 0.4) is 0 Å². The van der Waals surface area contributed by atoms with E-state index in [0.29, 0.717) is 6.54 Å². The van der Waals surface area contributed by atoms with Crippen LogP contribution in [0.5, 0.6) is 0 Å². The van der Waals surface area contributed by atoms with Gasteiger partial charge in [0.1, 0.15) is 0 Å². The fourth-order valence-corrected chi connectivity index (χ4v) is 2.41. The van der Waals surface area contributed by atoms with Crippen molar-refractivity contribution in [3.05, 3.63) is 21.4 Å². The molecule has 1 aromatic heterocycles. The summed E-state index contributed by atoms with van der Waals surface area (Å²) < 4.78 is 0. The van der Waals surface area contributed by atoms with E-state index in [9.17, 15) is 4.79 Å². The highest BCUT2D eigenvalue weighted by atomic mass is 32.1. The number of thiophene rings is 1. The molecule has 1 heterocycles. The Kier molecular flexibility index (Phi) is 4.33. The van der Waals surface area contributed by atoms with Crippen LogP contribution < -0.4 is 11.1 Å². The lowest BCUT2D eigenvalue weighted by Gasteiger charge is -2.25. The standard InChI is InChI=1S/C13H22N2OS/c1-8-6-10(17-9(8)2)7-15-12(16)11(14)13(3,4)5/h6,11H,7,14H2,1-5H3,(H,15,16). The van der Waals surface area contributed by atoms with Crippen LogP contribution in [0.4, 0.5) is 0 Å². The van der Waals surface area contributed by atoms with Crippen LogP contribution >= 0.6 is 11.3 Å². The number of aryl methyl sites for hydroxylation is 2. The van der Waals surface area contributed by atoms with E-state index in [1.165, 1.54) is 15.3 Å². The van der Waals surface area contributed by atoms with Crippen LogP contribution in [0, 0.1) is 19.3 Å². The molecule has 3 nitrogen and oxygen atoms in total. The third-order valence-electron chi connectivity index (χ3n) is 2.87. The van der Waals surface area contributed by atoms with Crippen molar-refractivity contribution in [3.63, 3.8) is 0 Å². The summed E-state index contributed by atoms with van der Waals surface area (Å²) in [6.45, 7) is 10.6. The smallest absolute Gasteiger partial charge is 0.237 e. The minimum absolute atomic E-state index is 0.0822. The molecule has 96 valence electrons. The average Bonchev–Trinajstić information content (AvgIpc) is 2.52. The van der Waals surface area contributed by atoms with Crippen molar-refractivity contribution in [1.29, 1.82) is 0 Å². The van der Waals surface area contributed by atoms with E-state index in [2.05, 4.69) is 25.2 Å². The molecule has 4 heteroatoms. The maximum Gasteiger partial charge on any atom is 0.237 e. The molecular formula is C13H22N2OS. The molecule has 0 radical (unpaired) electrons. The van der Waals surface area contributed by atoms with Crippen molar-refractivity contribution in [2.45, 2.75) is 47.2 Å². The molecule has 1 amide bonds. The predicted octanol–water partition coefficient (Wildman–Crippen LogP) is 2.35. The quantitative estimate of drug-likeness (QED) is 0.870. The van der Waals surface area contributed by atoms with Gasteiger partial charge in [0, 0.05) is 9.75 Å². The summed E-state index contributed by atoms with van der Waals surface area (Å²) in [5.74, 6) is -0.0822. The highest BCUT2D eigenvalue weighted by molar-refractivity contribution is 7.12. The average molecular weight is 254 g/mol. The molecule has 1 rings (SSSR count). The van der Waals surface area contributed by atoms with Crippen LogP contribution in [0.15, 0.2) is 6.07 Å². The van der Waals surface area contributed by atoms with E-state index in [1.807, 2.05) is 20.8 Å². The fourth-order valence-electron chi connectivity index (χ4n) is 1.41. The Morgan fingerprint density at radius 1 is 1.47 bits per heavy atom. The van der Waals surface area contributed by atoms with Crippen molar-refractivity contribution < 1.29 is 4.79 Å². The van der Waals surface area contributed by atoms with Crippen LogP contribution in [0.1, 0.15) is 36.1 Å². The highest BCUT2D eigenvalue weighted by Gasteiger charge is 2.27. The predicted molar refractivity (Wildman–Crippen MR) is 73.1 cm³/mol. The van der Waals surface area contributed by atoms with E-state index >= 15 is 0 Å². The van der Waals surface area contributed by atoms with Gasteiger partial charge in [-0.15, -0.1) is 11.3 Å². The van der Waals surface area contributed by atoms with Crippen LogP contribution in [-0.4, -0.2) is 11.9 Å². The summed E-state index contributed by atoms with van der Waals surface area (Å²) in [7, 11) is 0. The van der Waals surface area contributed by atoms with Gasteiger partial charge in [-0.1, -0.05) is 20.8 Å². The Morgan fingerprint density at radius 2 is 2.06 bits per heavy atom. The third-order valence-corrected chi connectivity index (χ3v) is 4.02. The number of nitrogens with two attached hydrogens (primary N) is 1. The monoisotopic (exact) mass is 254 g/mol. The van der Waals surface area contributed by atoms with Crippen LogP contribution in [0.25, 0.3) is 0 Å². The molecule has 1 unspecified atom stereocenters. The highest BCUT2D eigenvalue weighted by Crippen LogP contribution is 2.21. The lowest BCUT2D eigenvalue weighted by atomic mass is 9.87. The number of hydrogen-bond donors (Lipinski definition) is 2. The topological polar surface area (TPSA) is 55.1 Å². The third kappa shape index (κ3) is 3.82. The number of amides is 1. The molecule has 0 saturated heterocycles. The molecular weight excluding hydrogens is 232 g/mol. The molecule has 1 atom stereocenters. The van der Waals surface area contributed by atoms with Gasteiger partial charge in [-0.05, 0) is 30.9 Å². The van der Waals surface area contributed by atoms with E-state index in [-0.39, 0.29) is 11.3 Å². The second-order valence-corrected chi connectivity index (χ2v) is 6.85. The van der Waals surface area contributed by atoms with Gasteiger partial charge in [-0.2, -0.15) is 0 Å². The second-order valence-electron chi connectivity index (χ2n) is 5.51. The summed E-state index contributed by atoms with van der Waals surface area (Å²) >= 11 is 1.72. The molecule has 0 saturated carbocycles. The molecule has 0 spiro atoms. The van der Waals surface area contributed by atoms with Gasteiger partial charge in [0.25, 0.3) is 0 Å². The summed E-state index contributed by atoms with van der Waals surface area (Å²) in [5.41, 5.74) is 6.96. The first kappa shape index (κ1) is 14.2. The van der Waals surface area contributed by atoms with Crippen LogP contribution in [-0.2, 0) is 11.3 Å². The number of carbonyl (C=O) groups is 1. The zero-order valence-electron chi connectivity index (χ0n) is 11.3. The Bertz CT molecular complexity index is 385. The number of hydrogen-bond acceptors (Lipinski definition) is 3. The molecule has 0 aromatic carbocycles. The minimum Gasteiger partial charge on any atom is -0.350 e. The van der Waals surface area contributed by atoms with E-state index < -0.39 is 6.04 Å². The number of carbonyl (C=O) groups excluding carboxylic acids is 1. The Balaban J connectivity index is 2.54. The van der Waals surface area contributed by atoms with Crippen molar-refractivity contribution >= 4 is 17.2 Å². The van der Waals surface area contributed by atoms with Crippen molar-refractivity contribution in [2.75, 3.05) is 0 Å². The van der Waals surface area contributed by atoms with Gasteiger partial charge in [0.2, 0.25) is 5.91 Å². The zero-order valence-corrected chi connectivity index (χ0v) is 12.1. The molecule has 17 heavy (non-hydrogen) atoms. The van der Waals surface area contributed by atoms with Crippen molar-refractivity contribution in [1.82, 2.24) is 5.32 Å². The first-order valence-corrected chi connectivity index (χ1v) is 6.62. The zero-order chi connectivity index (χ0) is 13.2. The second kappa shape index (κ2) is 5.19. The van der Waals surface area contributed by atoms with Crippen molar-refractivity contribution in [3.8, 4) is 0 Å². The Hall–Kier alpha value is -0.870. The Labute approximate surface area is 107 Å². The summed E-state index contributed by atoms with van der Waals surface area (Å²) in [6, 6.07) is 1.65. The SMILES string of the molecule is Cc1cc(CNC(=O)C(N)C(C)(C)C)sc1C. The van der Waals surface area contributed by atoms with Gasteiger partial charge in [0.05, 0.1) is 12.6 Å². The van der Waals surface area contributed by atoms with Gasteiger partial charge in [-0.3, -0.25) is 4.79 Å². The minimum atomic E-state index is -0.468. The molecule has 3 N–H and O–H groups in total. The lowest BCUT2D eigenvalue weighted by Crippen LogP contribution is -2.48. The van der Waals surface area contributed by atoms with E-state index in [4.69, 9.17) is 5.73 Å². The van der Waals surface area contributed by atoms with Gasteiger partial charge in [0.15, 0.2) is 0 Å². The van der Waals surface area contributed by atoms with Crippen LogP contribution in [0.2, 0.25) is 0 Å². The van der Waals surface area contributed by atoms with Gasteiger partial charge >= 0.3 is 0 Å². The molecule has 0 aliphatic heterocycles. The maximum absolute atomic E-state index is 11.8. The van der Waals surface area contributed by atoms with Gasteiger partial charge in [-0.25, -0.2) is 0 Å². The maximum atomic E-state index is 11.8. The largest absolute Gasteiger partial charge is 0.350 e. The lowest BCUT2D eigenvalue weighted by molar-refractivity contribution is -0.124. The number of nitrogens with one attached hydrogen (secondary N) is 1. The summed E-state index contributed by atoms with van der Waals surface area (Å²) in [6.07, 6.45) is 0. The molecule has 0 bridgehead atoms. The van der Waals surface area contributed by atoms with Gasteiger partial charge < -0.3 is 11.1 Å². The normalized spacial score (nSPS) is 13.5. The molecule has 0 aliphatic rings. The van der Waals surface area contributed by atoms with Crippen molar-refractivity contribution in [2.24, 2.45) is 11.1 Å². The summed E-state index contributed by atoms with van der Waals surface area (Å²) in [5, 5.41) is 2.89. The van der Waals surface area contributed by atoms with E-state index in [0.717, 1.165) is 0 Å². The fraction of sp³-hybridized carbons (Fsp3) is 0.615. The summed E-state index contributed by atoms with van der Waals surface area (Å²) in [4.78, 5) is 14.3.